The van der Waals surface area contributed by atoms with Crippen molar-refractivity contribution >= 4 is 46.7 Å². The van der Waals surface area contributed by atoms with Gasteiger partial charge in [-0.3, -0.25) is 0 Å². The molecule has 0 saturated heterocycles. The highest BCUT2D eigenvalue weighted by Crippen LogP contribution is 2.29. The maximum absolute atomic E-state index is 12.3. The Morgan fingerprint density at radius 1 is 1.00 bits per heavy atom. The number of fused-ring (bicyclic) bond motifs is 1. The second-order valence-corrected chi connectivity index (χ2v) is 9.63. The number of carbonyl (C=O) groups excluding carboxylic acids is 1. The molecule has 0 spiro atoms. The van der Waals surface area contributed by atoms with Gasteiger partial charge < -0.3 is 20.9 Å². The van der Waals surface area contributed by atoms with E-state index in [1.807, 2.05) is 14.1 Å². The largest absolute Gasteiger partial charge is 0.362 e. The summed E-state index contributed by atoms with van der Waals surface area (Å²) in [5.74, 6) is 1.76. The minimum absolute atomic E-state index is 0.137. The summed E-state index contributed by atoms with van der Waals surface area (Å²) in [5, 5.41) is 10.3. The zero-order valence-electron chi connectivity index (χ0n) is 18.5. The minimum Gasteiger partial charge on any atom is -0.362 e. The van der Waals surface area contributed by atoms with Gasteiger partial charge in [-0.1, -0.05) is 23.2 Å². The summed E-state index contributed by atoms with van der Waals surface area (Å²) in [7, 11) is 4.09. The molecule has 2 aliphatic carbocycles. The highest BCUT2D eigenvalue weighted by atomic mass is 35.5. The average Bonchev–Trinajstić information content (AvgIpc) is 2.77. The van der Waals surface area contributed by atoms with Crippen LogP contribution in [0, 0.1) is 0 Å². The molecule has 1 aromatic heterocycles. The van der Waals surface area contributed by atoms with E-state index in [9.17, 15) is 4.79 Å². The Bertz CT molecular complexity index is 975. The van der Waals surface area contributed by atoms with E-state index in [-0.39, 0.29) is 12.1 Å². The first-order valence-corrected chi connectivity index (χ1v) is 12.0. The van der Waals surface area contributed by atoms with Crippen LogP contribution in [-0.2, 0) is 12.8 Å². The summed E-state index contributed by atoms with van der Waals surface area (Å²) in [5.41, 5.74) is 3.10. The van der Waals surface area contributed by atoms with Crippen LogP contribution in [-0.4, -0.2) is 42.2 Å². The van der Waals surface area contributed by atoms with Gasteiger partial charge in [0.2, 0.25) is 5.95 Å². The lowest BCUT2D eigenvalue weighted by Crippen LogP contribution is -2.42. The van der Waals surface area contributed by atoms with Gasteiger partial charge in [-0.2, -0.15) is 4.98 Å². The van der Waals surface area contributed by atoms with Crippen molar-refractivity contribution in [1.82, 2.24) is 15.3 Å². The molecule has 2 aliphatic rings. The molecule has 7 nitrogen and oxygen atoms in total. The molecule has 0 bridgehead atoms. The van der Waals surface area contributed by atoms with Crippen molar-refractivity contribution in [2.24, 2.45) is 0 Å². The molecule has 2 aromatic rings. The van der Waals surface area contributed by atoms with E-state index in [2.05, 4.69) is 20.9 Å². The Kier molecular flexibility index (Phi) is 7.26. The normalized spacial score (nSPS) is 20.2. The summed E-state index contributed by atoms with van der Waals surface area (Å²) < 4.78 is 0. The van der Waals surface area contributed by atoms with E-state index in [1.54, 1.807) is 18.2 Å². The van der Waals surface area contributed by atoms with Gasteiger partial charge in [0.15, 0.2) is 0 Å². The Hall–Kier alpha value is -2.25. The number of benzene rings is 1. The first-order valence-electron chi connectivity index (χ1n) is 11.3. The first-order chi connectivity index (χ1) is 15.4. The van der Waals surface area contributed by atoms with E-state index in [1.165, 1.54) is 24.1 Å². The average molecular weight is 477 g/mol. The molecule has 4 rings (SSSR count). The molecule has 0 unspecified atom stereocenters. The van der Waals surface area contributed by atoms with Gasteiger partial charge in [-0.05, 0) is 69.6 Å². The monoisotopic (exact) mass is 476 g/mol. The van der Waals surface area contributed by atoms with Crippen LogP contribution in [0.2, 0.25) is 10.0 Å². The number of amides is 2. The molecule has 1 heterocycles. The van der Waals surface area contributed by atoms with Crippen molar-refractivity contribution in [3.8, 4) is 0 Å². The van der Waals surface area contributed by atoms with Crippen molar-refractivity contribution in [3.63, 3.8) is 0 Å². The molecule has 0 radical (unpaired) electrons. The third-order valence-electron chi connectivity index (χ3n) is 6.16. The Morgan fingerprint density at radius 2 is 1.72 bits per heavy atom. The molecular formula is C23H30Cl2N6O. The number of nitrogens with one attached hydrogen (secondary N) is 3. The Labute approximate surface area is 199 Å². The number of nitrogens with zero attached hydrogens (tertiary/aromatic N) is 3. The quantitative estimate of drug-likeness (QED) is 0.547. The molecule has 0 atom stereocenters. The standard InChI is InChI=1S/C23H30Cl2N6O/c1-31(2)21-17-5-3-4-6-20(17)29-22(30-21)26-14-7-9-15(10-8-14)27-23(32)28-16-11-12-18(24)19(25)13-16/h11-15H,3-10H2,1-2H3,(H,26,29,30)(H2,27,28,32)/t14-,15+. The fraction of sp³-hybridized carbons (Fsp3) is 0.522. The molecule has 9 heteroatoms. The summed E-state index contributed by atoms with van der Waals surface area (Å²) in [4.78, 5) is 24.1. The number of aromatic nitrogens is 2. The van der Waals surface area contributed by atoms with Gasteiger partial charge in [-0.15, -0.1) is 0 Å². The molecule has 1 aromatic carbocycles. The lowest BCUT2D eigenvalue weighted by molar-refractivity contribution is 0.243. The van der Waals surface area contributed by atoms with E-state index >= 15 is 0 Å². The van der Waals surface area contributed by atoms with E-state index in [0.29, 0.717) is 21.8 Å². The second kappa shape index (κ2) is 10.1. The summed E-state index contributed by atoms with van der Waals surface area (Å²) >= 11 is 11.9. The lowest BCUT2D eigenvalue weighted by atomic mass is 9.91. The lowest BCUT2D eigenvalue weighted by Gasteiger charge is -2.30. The topological polar surface area (TPSA) is 82.2 Å². The van der Waals surface area contributed by atoms with Crippen molar-refractivity contribution < 1.29 is 4.79 Å². The van der Waals surface area contributed by atoms with Gasteiger partial charge in [0.1, 0.15) is 5.82 Å². The number of hydrogen-bond donors (Lipinski definition) is 3. The van der Waals surface area contributed by atoms with Crippen molar-refractivity contribution in [2.75, 3.05) is 29.6 Å². The van der Waals surface area contributed by atoms with Gasteiger partial charge in [-0.25, -0.2) is 9.78 Å². The van der Waals surface area contributed by atoms with Gasteiger partial charge in [0.25, 0.3) is 0 Å². The second-order valence-electron chi connectivity index (χ2n) is 8.82. The SMILES string of the molecule is CN(C)c1nc(N[C@H]2CC[C@@H](NC(=O)Nc3ccc(Cl)c(Cl)c3)CC2)nc2c1CCCC2. The fourth-order valence-corrected chi connectivity index (χ4v) is 4.80. The fourth-order valence-electron chi connectivity index (χ4n) is 4.50. The third kappa shape index (κ3) is 5.56. The van der Waals surface area contributed by atoms with Crippen LogP contribution in [0.5, 0.6) is 0 Å². The van der Waals surface area contributed by atoms with Crippen molar-refractivity contribution in [3.05, 3.63) is 39.5 Å². The van der Waals surface area contributed by atoms with Crippen LogP contribution in [0.15, 0.2) is 18.2 Å². The zero-order valence-corrected chi connectivity index (χ0v) is 20.1. The molecule has 1 saturated carbocycles. The minimum atomic E-state index is -0.228. The number of halogens is 2. The maximum Gasteiger partial charge on any atom is 0.319 e. The number of hydrogen-bond acceptors (Lipinski definition) is 5. The molecule has 2 amide bonds. The summed E-state index contributed by atoms with van der Waals surface area (Å²) in [6, 6.07) is 5.26. The number of carbonyl (C=O) groups is 1. The maximum atomic E-state index is 12.3. The summed E-state index contributed by atoms with van der Waals surface area (Å²) in [6.07, 6.45) is 8.19. The molecule has 32 heavy (non-hydrogen) atoms. The first kappa shape index (κ1) is 22.9. The van der Waals surface area contributed by atoms with Crippen LogP contribution >= 0.6 is 23.2 Å². The molecular weight excluding hydrogens is 447 g/mol. The number of rotatable bonds is 5. The van der Waals surface area contributed by atoms with Gasteiger partial charge in [0.05, 0.1) is 15.7 Å². The van der Waals surface area contributed by atoms with Crippen LogP contribution in [0.4, 0.5) is 22.2 Å². The Balaban J connectivity index is 1.30. The van der Waals surface area contributed by atoms with Crippen molar-refractivity contribution in [2.45, 2.75) is 63.5 Å². The molecule has 172 valence electrons. The highest BCUT2D eigenvalue weighted by molar-refractivity contribution is 6.42. The van der Waals surface area contributed by atoms with E-state index in [4.69, 9.17) is 33.2 Å². The number of anilines is 3. The van der Waals surface area contributed by atoms with Gasteiger partial charge in [0, 0.05) is 37.4 Å². The number of urea groups is 1. The van der Waals surface area contributed by atoms with Crippen LogP contribution in [0.3, 0.4) is 0 Å². The smallest absolute Gasteiger partial charge is 0.319 e. The predicted molar refractivity (Wildman–Crippen MR) is 131 cm³/mol. The van der Waals surface area contributed by atoms with Crippen LogP contribution < -0.4 is 20.9 Å². The zero-order chi connectivity index (χ0) is 22.7. The third-order valence-corrected chi connectivity index (χ3v) is 6.90. The number of aryl methyl sites for hydroxylation is 1. The van der Waals surface area contributed by atoms with Crippen LogP contribution in [0.25, 0.3) is 0 Å². The van der Waals surface area contributed by atoms with Gasteiger partial charge >= 0.3 is 6.03 Å². The molecule has 3 N–H and O–H groups in total. The molecule has 0 aliphatic heterocycles. The van der Waals surface area contributed by atoms with E-state index in [0.717, 1.165) is 50.3 Å². The van der Waals surface area contributed by atoms with Crippen molar-refractivity contribution in [1.29, 1.82) is 0 Å². The highest BCUT2D eigenvalue weighted by Gasteiger charge is 2.25. The van der Waals surface area contributed by atoms with Crippen LogP contribution in [0.1, 0.15) is 49.8 Å². The predicted octanol–water partition coefficient (Wildman–Crippen LogP) is 5.27. The molecule has 1 fully saturated rings. The Morgan fingerprint density at radius 3 is 2.44 bits per heavy atom. The summed E-state index contributed by atoms with van der Waals surface area (Å²) in [6.45, 7) is 0. The van der Waals surface area contributed by atoms with E-state index < -0.39 is 0 Å².